The number of carboxylic acids is 1. The van der Waals surface area contributed by atoms with E-state index in [1.807, 2.05) is 6.08 Å². The van der Waals surface area contributed by atoms with E-state index in [2.05, 4.69) is 0 Å². The summed E-state index contributed by atoms with van der Waals surface area (Å²) < 4.78 is 5.29. The van der Waals surface area contributed by atoms with E-state index >= 15 is 0 Å². The minimum Gasteiger partial charge on any atom is -0.504 e. The smallest absolute Gasteiger partial charge is 0.303 e. The van der Waals surface area contributed by atoms with Crippen LogP contribution in [0.2, 0.25) is 0 Å². The normalized spacial score (nSPS) is 26.9. The second-order valence-corrected chi connectivity index (χ2v) is 9.99. The highest BCUT2D eigenvalue weighted by Crippen LogP contribution is 2.55. The van der Waals surface area contributed by atoms with E-state index in [9.17, 15) is 29.1 Å². The number of carbonyl (C=O) groups excluding carboxylic acids is 4. The van der Waals surface area contributed by atoms with Gasteiger partial charge in [0, 0.05) is 35.6 Å². The number of amides is 2. The van der Waals surface area contributed by atoms with E-state index in [1.54, 1.807) is 19.1 Å². The first kappa shape index (κ1) is 24.7. The Morgan fingerprint density at radius 2 is 1.89 bits per heavy atom. The number of carboxylic acid groups (broad SMARTS) is 1. The first-order chi connectivity index (χ1) is 17.6. The summed E-state index contributed by atoms with van der Waals surface area (Å²) in [5.74, 6) is -4.42. The van der Waals surface area contributed by atoms with E-state index in [4.69, 9.17) is 9.84 Å². The molecular weight excluding hydrogens is 478 g/mol. The molecule has 1 saturated heterocycles. The predicted molar refractivity (Wildman–Crippen MR) is 130 cm³/mol. The van der Waals surface area contributed by atoms with Crippen LogP contribution in [-0.4, -0.2) is 58.1 Å². The summed E-state index contributed by atoms with van der Waals surface area (Å²) in [6.07, 6.45) is 3.75. The number of fused-ring (bicyclic) bond motifs is 3. The minimum absolute atomic E-state index is 0.0326. The molecule has 0 spiro atoms. The SMILES string of the molecule is COc1cc([C@H]2C3=CC[C@@H]4C(=O)N(CCCC(=O)O)C(=O)[C@@H]4[C@@H]3CC3=C2C(=O)C=C(C)C3=O)ccc1O. The summed E-state index contributed by atoms with van der Waals surface area (Å²) >= 11 is 0. The molecule has 0 bridgehead atoms. The zero-order valence-electron chi connectivity index (χ0n) is 20.5. The number of methoxy groups -OCH3 is 1. The average molecular weight is 506 g/mol. The number of benzene rings is 1. The van der Waals surface area contributed by atoms with Crippen LogP contribution < -0.4 is 4.74 Å². The van der Waals surface area contributed by atoms with Gasteiger partial charge in [-0.15, -0.1) is 0 Å². The van der Waals surface area contributed by atoms with E-state index in [0.29, 0.717) is 28.7 Å². The second-order valence-electron chi connectivity index (χ2n) is 9.99. The Balaban J connectivity index is 1.59. The molecule has 1 aromatic carbocycles. The summed E-state index contributed by atoms with van der Waals surface area (Å²) in [5.41, 5.74) is 2.49. The number of Topliss-reactive ketones (excluding diaryl/α,β-unsaturated/α-hetero) is 1. The Kier molecular flexibility index (Phi) is 6.09. The maximum Gasteiger partial charge on any atom is 0.303 e. The molecule has 4 atom stereocenters. The first-order valence-corrected chi connectivity index (χ1v) is 12.3. The summed E-state index contributed by atoms with van der Waals surface area (Å²) in [7, 11) is 1.42. The Labute approximate surface area is 213 Å². The number of phenolic OH excluding ortho intramolecular Hbond substituents is 1. The molecule has 0 aromatic heterocycles. The highest BCUT2D eigenvalue weighted by atomic mass is 16.5. The molecule has 0 saturated carbocycles. The topological polar surface area (TPSA) is 138 Å². The lowest BCUT2D eigenvalue weighted by Gasteiger charge is -2.42. The molecule has 9 nitrogen and oxygen atoms in total. The number of nitrogens with zero attached hydrogens (tertiary/aromatic N) is 1. The lowest BCUT2D eigenvalue weighted by atomic mass is 9.59. The second kappa shape index (κ2) is 9.14. The number of aromatic hydroxyl groups is 1. The van der Waals surface area contributed by atoms with Gasteiger partial charge in [-0.3, -0.25) is 28.9 Å². The van der Waals surface area contributed by atoms with Crippen molar-refractivity contribution in [2.24, 2.45) is 17.8 Å². The van der Waals surface area contributed by atoms with Gasteiger partial charge in [0.15, 0.2) is 23.1 Å². The fourth-order valence-corrected chi connectivity index (χ4v) is 6.31. The van der Waals surface area contributed by atoms with Crippen molar-refractivity contribution in [3.05, 3.63) is 58.2 Å². The van der Waals surface area contributed by atoms with E-state index in [-0.39, 0.29) is 60.7 Å². The summed E-state index contributed by atoms with van der Waals surface area (Å²) in [4.78, 5) is 65.3. The van der Waals surface area contributed by atoms with Gasteiger partial charge in [-0.2, -0.15) is 0 Å². The van der Waals surface area contributed by atoms with Crippen molar-refractivity contribution in [3.63, 3.8) is 0 Å². The zero-order chi connectivity index (χ0) is 26.6. The number of ketones is 2. The maximum atomic E-state index is 13.5. The van der Waals surface area contributed by atoms with Crippen molar-refractivity contribution in [1.82, 2.24) is 4.90 Å². The summed E-state index contributed by atoms with van der Waals surface area (Å²) in [5, 5.41) is 19.1. The fourth-order valence-electron chi connectivity index (χ4n) is 6.31. The van der Waals surface area contributed by atoms with Crippen LogP contribution in [0.15, 0.2) is 52.6 Å². The number of hydrogen-bond acceptors (Lipinski definition) is 7. The van der Waals surface area contributed by atoms with Gasteiger partial charge in [0.25, 0.3) is 0 Å². The van der Waals surface area contributed by atoms with Crippen molar-refractivity contribution >= 4 is 29.4 Å². The van der Waals surface area contributed by atoms with Crippen LogP contribution >= 0.6 is 0 Å². The molecular formula is C28H27NO8. The quantitative estimate of drug-likeness (QED) is 0.342. The van der Waals surface area contributed by atoms with Gasteiger partial charge in [0.1, 0.15) is 0 Å². The number of likely N-dealkylation sites (tertiary alicyclic amines) is 1. The number of aliphatic carboxylic acids is 1. The molecule has 37 heavy (non-hydrogen) atoms. The molecule has 1 heterocycles. The highest BCUT2D eigenvalue weighted by molar-refractivity contribution is 6.23. The number of phenols is 1. The van der Waals surface area contributed by atoms with Crippen LogP contribution in [0.25, 0.3) is 0 Å². The van der Waals surface area contributed by atoms with Crippen molar-refractivity contribution in [2.45, 2.75) is 38.5 Å². The number of allylic oxidation sites excluding steroid dienone is 6. The standard InChI is InChI=1S/C28H27NO8/c1-13-10-20(31)25-18(26(13)34)12-17-15(23(25)14-5-8-19(30)21(11-14)37-2)6-7-16-24(17)28(36)29(27(16)35)9-3-4-22(32)33/h5-6,8,10-11,16-17,23-24,30H,3-4,7,9,12H2,1-2H3,(H,32,33)/t16-,17+,23-,24-/m0/s1. The van der Waals surface area contributed by atoms with Crippen molar-refractivity contribution < 1.29 is 38.9 Å². The number of ether oxygens (including phenoxy) is 1. The maximum absolute atomic E-state index is 13.5. The molecule has 9 heteroatoms. The fraction of sp³-hybridized carbons (Fsp3) is 0.393. The third-order valence-corrected chi connectivity index (χ3v) is 7.96. The van der Waals surface area contributed by atoms with Crippen molar-refractivity contribution in [2.75, 3.05) is 13.7 Å². The molecule has 2 amide bonds. The van der Waals surface area contributed by atoms with Gasteiger partial charge in [-0.25, -0.2) is 0 Å². The third kappa shape index (κ3) is 3.89. The van der Waals surface area contributed by atoms with Gasteiger partial charge in [0.2, 0.25) is 11.8 Å². The number of hydrogen-bond donors (Lipinski definition) is 2. The van der Waals surface area contributed by atoms with Crippen LogP contribution in [0.1, 0.15) is 44.1 Å². The molecule has 2 N–H and O–H groups in total. The molecule has 1 fully saturated rings. The largest absolute Gasteiger partial charge is 0.504 e. The Bertz CT molecular complexity index is 1350. The Morgan fingerprint density at radius 3 is 2.59 bits per heavy atom. The van der Waals surface area contributed by atoms with E-state index in [1.165, 1.54) is 19.3 Å². The molecule has 0 unspecified atom stereocenters. The lowest BCUT2D eigenvalue weighted by Crippen LogP contribution is -2.39. The number of imide groups is 1. The molecule has 4 aliphatic rings. The van der Waals surface area contributed by atoms with Crippen LogP contribution in [0, 0.1) is 17.8 Å². The molecule has 192 valence electrons. The van der Waals surface area contributed by atoms with Gasteiger partial charge >= 0.3 is 5.97 Å². The Morgan fingerprint density at radius 1 is 1.14 bits per heavy atom. The number of rotatable bonds is 6. The van der Waals surface area contributed by atoms with Crippen molar-refractivity contribution in [1.29, 1.82) is 0 Å². The summed E-state index contributed by atoms with van der Waals surface area (Å²) in [6, 6.07) is 4.77. The Hall–Kier alpha value is -4.01. The van der Waals surface area contributed by atoms with E-state index in [0.717, 1.165) is 10.5 Å². The van der Waals surface area contributed by atoms with Crippen molar-refractivity contribution in [3.8, 4) is 11.5 Å². The zero-order valence-corrected chi connectivity index (χ0v) is 20.5. The third-order valence-electron chi connectivity index (χ3n) is 7.96. The first-order valence-electron chi connectivity index (χ1n) is 12.3. The molecule has 5 rings (SSSR count). The number of carbonyl (C=O) groups is 5. The molecule has 0 radical (unpaired) electrons. The predicted octanol–water partition coefficient (Wildman–Crippen LogP) is 2.70. The minimum atomic E-state index is -0.997. The van der Waals surface area contributed by atoms with Crippen LogP contribution in [0.3, 0.4) is 0 Å². The van der Waals surface area contributed by atoms with Gasteiger partial charge in [-0.1, -0.05) is 17.7 Å². The molecule has 3 aliphatic carbocycles. The van der Waals surface area contributed by atoms with Gasteiger partial charge in [0.05, 0.1) is 18.9 Å². The molecule has 1 aliphatic heterocycles. The summed E-state index contributed by atoms with van der Waals surface area (Å²) in [6.45, 7) is 1.62. The van der Waals surface area contributed by atoms with Crippen LogP contribution in [-0.2, 0) is 24.0 Å². The molecule has 1 aromatic rings. The monoisotopic (exact) mass is 505 g/mol. The lowest BCUT2D eigenvalue weighted by molar-refractivity contribution is -0.142. The average Bonchev–Trinajstić information content (AvgIpc) is 3.11. The van der Waals surface area contributed by atoms with Crippen LogP contribution in [0.4, 0.5) is 0 Å². The highest BCUT2D eigenvalue weighted by Gasteiger charge is 2.56. The van der Waals surface area contributed by atoms with Crippen LogP contribution in [0.5, 0.6) is 11.5 Å². The van der Waals surface area contributed by atoms with Gasteiger partial charge in [-0.05, 0) is 55.9 Å². The van der Waals surface area contributed by atoms with E-state index < -0.39 is 29.6 Å². The van der Waals surface area contributed by atoms with Gasteiger partial charge < -0.3 is 14.9 Å².